The first-order valence-corrected chi connectivity index (χ1v) is 7.41. The standard InChI is InChI=1S/C14H15BrFN3O2/c1-19-12(20)9-4-5-21-7-14(9,18-13(19)17)10-6-8(15)2-3-11(10)16/h2-3,6,9H,4-5,7H2,1H3,(H2,17,18). The summed E-state index contributed by atoms with van der Waals surface area (Å²) in [7, 11) is 1.58. The summed E-state index contributed by atoms with van der Waals surface area (Å²) < 4.78 is 20.6. The smallest absolute Gasteiger partial charge is 0.235 e. The Morgan fingerprint density at radius 3 is 3.10 bits per heavy atom. The molecule has 1 saturated heterocycles. The maximum atomic E-state index is 14.4. The number of nitrogens with two attached hydrogens (primary N) is 1. The number of halogens is 2. The molecule has 0 bridgehead atoms. The average molecular weight is 356 g/mol. The Kier molecular flexibility index (Phi) is 3.49. The SMILES string of the molecule is CN1C(=O)C2CCOCC2(c2cc(Br)ccc2F)N=C1N. The highest BCUT2D eigenvalue weighted by Gasteiger charge is 2.52. The fourth-order valence-corrected chi connectivity index (χ4v) is 3.35. The highest BCUT2D eigenvalue weighted by atomic mass is 79.9. The van der Waals surface area contributed by atoms with Gasteiger partial charge in [-0.3, -0.25) is 9.69 Å². The fraction of sp³-hybridized carbons (Fsp3) is 0.429. The number of ether oxygens (including phenoxy) is 1. The lowest BCUT2D eigenvalue weighted by Gasteiger charge is -2.45. The molecular formula is C14H15BrFN3O2. The zero-order valence-corrected chi connectivity index (χ0v) is 13.1. The van der Waals surface area contributed by atoms with Crippen molar-refractivity contribution in [1.82, 2.24) is 4.90 Å². The lowest BCUT2D eigenvalue weighted by molar-refractivity contribution is -0.140. The molecule has 1 aromatic carbocycles. The summed E-state index contributed by atoms with van der Waals surface area (Å²) in [6.07, 6.45) is 0.492. The molecule has 1 aromatic rings. The maximum absolute atomic E-state index is 14.4. The normalized spacial score (nSPS) is 29.1. The van der Waals surface area contributed by atoms with Crippen LogP contribution in [0.4, 0.5) is 4.39 Å². The van der Waals surface area contributed by atoms with Crippen molar-refractivity contribution in [2.45, 2.75) is 12.0 Å². The number of guanidine groups is 1. The van der Waals surface area contributed by atoms with Crippen molar-refractivity contribution < 1.29 is 13.9 Å². The van der Waals surface area contributed by atoms with E-state index in [0.29, 0.717) is 18.6 Å². The summed E-state index contributed by atoms with van der Waals surface area (Å²) in [4.78, 5) is 18.3. The first-order chi connectivity index (χ1) is 9.95. The van der Waals surface area contributed by atoms with Crippen LogP contribution < -0.4 is 5.73 Å². The Hall–Kier alpha value is -1.47. The lowest BCUT2D eigenvalue weighted by atomic mass is 9.74. The molecule has 1 amide bonds. The van der Waals surface area contributed by atoms with Gasteiger partial charge in [0, 0.05) is 23.7 Å². The number of rotatable bonds is 1. The van der Waals surface area contributed by atoms with Crippen molar-refractivity contribution in [3.8, 4) is 0 Å². The Balaban J connectivity index is 2.23. The molecule has 0 radical (unpaired) electrons. The summed E-state index contributed by atoms with van der Waals surface area (Å²) in [5.41, 5.74) is 5.11. The van der Waals surface area contributed by atoms with Crippen molar-refractivity contribution in [3.05, 3.63) is 34.1 Å². The summed E-state index contributed by atoms with van der Waals surface area (Å²) in [5.74, 6) is -0.943. The second-order valence-corrected chi connectivity index (χ2v) is 6.23. The second kappa shape index (κ2) is 5.06. The highest BCUT2D eigenvalue weighted by molar-refractivity contribution is 9.10. The molecule has 5 nitrogen and oxygen atoms in total. The molecule has 21 heavy (non-hydrogen) atoms. The molecule has 2 atom stereocenters. The van der Waals surface area contributed by atoms with Crippen LogP contribution in [-0.4, -0.2) is 37.0 Å². The van der Waals surface area contributed by atoms with Crippen molar-refractivity contribution in [1.29, 1.82) is 0 Å². The summed E-state index contributed by atoms with van der Waals surface area (Å²) in [6, 6.07) is 4.61. The third-order valence-corrected chi connectivity index (χ3v) is 4.62. The van der Waals surface area contributed by atoms with Gasteiger partial charge in [-0.25, -0.2) is 9.38 Å². The molecule has 2 aliphatic heterocycles. The minimum absolute atomic E-state index is 0.0844. The quantitative estimate of drug-likeness (QED) is 0.831. The minimum Gasteiger partial charge on any atom is -0.379 e. The molecular weight excluding hydrogens is 341 g/mol. The lowest BCUT2D eigenvalue weighted by Crippen LogP contribution is -2.58. The molecule has 2 aliphatic rings. The van der Waals surface area contributed by atoms with Gasteiger partial charge in [0.2, 0.25) is 5.91 Å². The van der Waals surface area contributed by atoms with Crippen LogP contribution in [-0.2, 0) is 15.1 Å². The van der Waals surface area contributed by atoms with Crippen molar-refractivity contribution in [2.75, 3.05) is 20.3 Å². The number of carbonyl (C=O) groups is 1. The van der Waals surface area contributed by atoms with Crippen LogP contribution in [0.3, 0.4) is 0 Å². The van der Waals surface area contributed by atoms with Gasteiger partial charge in [0.05, 0.1) is 12.5 Å². The largest absolute Gasteiger partial charge is 0.379 e. The Morgan fingerprint density at radius 1 is 1.57 bits per heavy atom. The van der Waals surface area contributed by atoms with Gasteiger partial charge >= 0.3 is 0 Å². The van der Waals surface area contributed by atoms with Crippen molar-refractivity contribution >= 4 is 27.8 Å². The number of hydrogen-bond acceptors (Lipinski definition) is 4. The molecule has 0 aliphatic carbocycles. The topological polar surface area (TPSA) is 67.9 Å². The van der Waals surface area contributed by atoms with Crippen LogP contribution in [0, 0.1) is 11.7 Å². The summed E-state index contributed by atoms with van der Waals surface area (Å²) >= 11 is 3.34. The van der Waals surface area contributed by atoms with E-state index in [0.717, 1.165) is 4.47 Å². The van der Waals surface area contributed by atoms with Gasteiger partial charge in [-0.05, 0) is 24.6 Å². The van der Waals surface area contributed by atoms with E-state index < -0.39 is 17.3 Å². The number of fused-ring (bicyclic) bond motifs is 1. The number of hydrogen-bond donors (Lipinski definition) is 1. The second-order valence-electron chi connectivity index (χ2n) is 5.31. The van der Waals surface area contributed by atoms with Crippen molar-refractivity contribution in [2.24, 2.45) is 16.6 Å². The van der Waals surface area contributed by atoms with E-state index in [9.17, 15) is 9.18 Å². The van der Waals surface area contributed by atoms with E-state index in [4.69, 9.17) is 10.5 Å². The minimum atomic E-state index is -1.08. The molecule has 0 aromatic heterocycles. The molecule has 2 unspecified atom stereocenters. The van der Waals surface area contributed by atoms with E-state index in [1.807, 2.05) is 0 Å². The third-order valence-electron chi connectivity index (χ3n) is 4.13. The van der Waals surface area contributed by atoms with Crippen LogP contribution in [0.25, 0.3) is 0 Å². The van der Waals surface area contributed by atoms with Gasteiger partial charge in [0.15, 0.2) is 5.96 Å². The number of carbonyl (C=O) groups excluding carboxylic acids is 1. The van der Waals surface area contributed by atoms with Crippen LogP contribution in [0.5, 0.6) is 0 Å². The van der Waals surface area contributed by atoms with Gasteiger partial charge < -0.3 is 10.5 Å². The molecule has 3 rings (SSSR count). The molecule has 0 spiro atoms. The Bertz CT molecular complexity index is 637. The van der Waals surface area contributed by atoms with Crippen LogP contribution in [0.1, 0.15) is 12.0 Å². The highest BCUT2D eigenvalue weighted by Crippen LogP contribution is 2.44. The van der Waals surface area contributed by atoms with E-state index >= 15 is 0 Å². The van der Waals surface area contributed by atoms with Crippen LogP contribution >= 0.6 is 15.9 Å². The first kappa shape index (κ1) is 14.5. The Morgan fingerprint density at radius 2 is 2.33 bits per heavy atom. The van der Waals surface area contributed by atoms with Gasteiger partial charge in [-0.15, -0.1) is 0 Å². The predicted octanol–water partition coefficient (Wildman–Crippen LogP) is 1.61. The fourth-order valence-electron chi connectivity index (χ4n) is 2.99. The number of benzene rings is 1. The average Bonchev–Trinajstić information content (AvgIpc) is 2.47. The summed E-state index contributed by atoms with van der Waals surface area (Å²) in [5, 5.41) is 0. The van der Waals surface area contributed by atoms with E-state index in [2.05, 4.69) is 20.9 Å². The molecule has 112 valence electrons. The monoisotopic (exact) mass is 355 g/mol. The molecule has 7 heteroatoms. The number of amides is 1. The van der Waals surface area contributed by atoms with E-state index in [-0.39, 0.29) is 18.5 Å². The molecule has 2 N–H and O–H groups in total. The third kappa shape index (κ3) is 2.15. The summed E-state index contributed by atoms with van der Waals surface area (Å²) in [6.45, 7) is 0.600. The zero-order chi connectivity index (χ0) is 15.2. The molecule has 1 fully saturated rings. The van der Waals surface area contributed by atoms with Gasteiger partial charge in [0.1, 0.15) is 11.4 Å². The Labute approximate surface area is 130 Å². The predicted molar refractivity (Wildman–Crippen MR) is 79.1 cm³/mol. The number of nitrogens with zero attached hydrogens (tertiary/aromatic N) is 2. The zero-order valence-electron chi connectivity index (χ0n) is 11.5. The van der Waals surface area contributed by atoms with Crippen LogP contribution in [0.15, 0.2) is 27.7 Å². The van der Waals surface area contributed by atoms with Crippen LogP contribution in [0.2, 0.25) is 0 Å². The van der Waals surface area contributed by atoms with Gasteiger partial charge in [-0.2, -0.15) is 0 Å². The number of aliphatic imine (C=N–C) groups is 1. The maximum Gasteiger partial charge on any atom is 0.235 e. The van der Waals surface area contributed by atoms with Gasteiger partial charge in [-0.1, -0.05) is 15.9 Å². The first-order valence-electron chi connectivity index (χ1n) is 6.62. The molecule has 2 heterocycles. The van der Waals surface area contributed by atoms with E-state index in [1.165, 1.54) is 11.0 Å². The van der Waals surface area contributed by atoms with E-state index in [1.54, 1.807) is 19.2 Å². The van der Waals surface area contributed by atoms with Crippen molar-refractivity contribution in [3.63, 3.8) is 0 Å². The van der Waals surface area contributed by atoms with Gasteiger partial charge in [0.25, 0.3) is 0 Å². The molecule has 0 saturated carbocycles.